The predicted molar refractivity (Wildman–Crippen MR) is 99.2 cm³/mol. The number of hydrogen-bond donors (Lipinski definition) is 0. The molecule has 0 aliphatic heterocycles. The first kappa shape index (κ1) is 17.2. The second kappa shape index (κ2) is 7.99. The summed E-state index contributed by atoms with van der Waals surface area (Å²) in [6, 6.07) is 17.1. The van der Waals surface area contributed by atoms with Gasteiger partial charge in [-0.05, 0) is 36.2 Å². The number of hydrogen-bond acceptors (Lipinski definition) is 4. The molecular formula is C20H19ClN2O2. The van der Waals surface area contributed by atoms with Crippen LogP contribution in [0.1, 0.15) is 18.2 Å². The summed E-state index contributed by atoms with van der Waals surface area (Å²) in [5, 5.41) is 0.654. The summed E-state index contributed by atoms with van der Waals surface area (Å²) in [5.41, 5.74) is 2.81. The van der Waals surface area contributed by atoms with Crippen LogP contribution in [0.3, 0.4) is 0 Å². The summed E-state index contributed by atoms with van der Waals surface area (Å²) >= 11 is 6.08. The predicted octanol–water partition coefficient (Wildman–Crippen LogP) is 4.95. The highest BCUT2D eigenvalue weighted by Gasteiger charge is 2.08. The monoisotopic (exact) mass is 354 g/mol. The Morgan fingerprint density at radius 1 is 1.00 bits per heavy atom. The molecule has 0 N–H and O–H groups in total. The highest BCUT2D eigenvalue weighted by Crippen LogP contribution is 2.23. The molecule has 1 heterocycles. The summed E-state index contributed by atoms with van der Waals surface area (Å²) in [6.45, 7) is 2.46. The van der Waals surface area contributed by atoms with Crippen LogP contribution in [0.4, 0.5) is 0 Å². The topological polar surface area (TPSA) is 44.2 Å². The molecule has 5 heteroatoms. The molecular weight excluding hydrogens is 336 g/mol. The van der Waals surface area contributed by atoms with Crippen molar-refractivity contribution >= 4 is 11.6 Å². The first-order valence-corrected chi connectivity index (χ1v) is 8.45. The maximum atomic E-state index is 6.08. The Morgan fingerprint density at radius 2 is 1.84 bits per heavy atom. The lowest BCUT2D eigenvalue weighted by atomic mass is 10.2. The molecule has 0 unspecified atom stereocenters. The highest BCUT2D eigenvalue weighted by atomic mass is 35.5. The van der Waals surface area contributed by atoms with E-state index in [9.17, 15) is 0 Å². The molecule has 0 spiro atoms. The van der Waals surface area contributed by atoms with Crippen molar-refractivity contribution in [2.24, 2.45) is 0 Å². The van der Waals surface area contributed by atoms with Gasteiger partial charge in [0.2, 0.25) is 5.88 Å². The van der Waals surface area contributed by atoms with E-state index >= 15 is 0 Å². The van der Waals surface area contributed by atoms with Crippen molar-refractivity contribution in [3.63, 3.8) is 0 Å². The maximum Gasteiger partial charge on any atom is 0.217 e. The largest absolute Gasteiger partial charge is 0.497 e. The number of aryl methyl sites for hydroxylation is 1. The molecule has 128 valence electrons. The van der Waals surface area contributed by atoms with Crippen molar-refractivity contribution in [2.45, 2.75) is 20.0 Å². The van der Waals surface area contributed by atoms with E-state index in [0.29, 0.717) is 23.3 Å². The van der Waals surface area contributed by atoms with Gasteiger partial charge in [-0.2, -0.15) is 4.98 Å². The van der Waals surface area contributed by atoms with Crippen molar-refractivity contribution in [2.75, 3.05) is 7.11 Å². The van der Waals surface area contributed by atoms with Crippen LogP contribution in [-0.2, 0) is 13.0 Å². The lowest BCUT2D eigenvalue weighted by molar-refractivity contribution is 0.292. The van der Waals surface area contributed by atoms with Crippen molar-refractivity contribution in [3.05, 3.63) is 70.9 Å². The van der Waals surface area contributed by atoms with Crippen LogP contribution < -0.4 is 9.47 Å². The van der Waals surface area contributed by atoms with Gasteiger partial charge in [-0.25, -0.2) is 4.98 Å². The van der Waals surface area contributed by atoms with Gasteiger partial charge in [-0.1, -0.05) is 42.8 Å². The van der Waals surface area contributed by atoms with E-state index in [-0.39, 0.29) is 0 Å². The number of rotatable bonds is 6. The standard InChI is InChI=1S/C20H19ClN2O2/c1-3-17-12-19(25-13-14-6-4-9-18(10-14)24-2)23-20(22-17)15-7-5-8-16(21)11-15/h4-12H,3,13H2,1-2H3. The van der Waals surface area contributed by atoms with Gasteiger partial charge in [0.1, 0.15) is 12.4 Å². The fourth-order valence-corrected chi connectivity index (χ4v) is 2.59. The fourth-order valence-electron chi connectivity index (χ4n) is 2.40. The highest BCUT2D eigenvalue weighted by molar-refractivity contribution is 6.30. The van der Waals surface area contributed by atoms with Crippen molar-refractivity contribution in [1.29, 1.82) is 0 Å². The average molecular weight is 355 g/mol. The molecule has 25 heavy (non-hydrogen) atoms. The molecule has 0 fully saturated rings. The number of aromatic nitrogens is 2. The van der Waals surface area contributed by atoms with Crippen LogP contribution in [-0.4, -0.2) is 17.1 Å². The lowest BCUT2D eigenvalue weighted by Crippen LogP contribution is -2.02. The van der Waals surface area contributed by atoms with Gasteiger partial charge >= 0.3 is 0 Å². The Bertz CT molecular complexity index is 868. The third-order valence-corrected chi connectivity index (χ3v) is 3.96. The number of benzene rings is 2. The molecule has 0 amide bonds. The summed E-state index contributed by atoms with van der Waals surface area (Å²) < 4.78 is 11.1. The van der Waals surface area contributed by atoms with Crippen molar-refractivity contribution < 1.29 is 9.47 Å². The van der Waals surface area contributed by atoms with E-state index in [4.69, 9.17) is 21.1 Å². The molecule has 3 aromatic rings. The summed E-state index contributed by atoms with van der Waals surface area (Å²) in [5.74, 6) is 1.96. The lowest BCUT2D eigenvalue weighted by Gasteiger charge is -2.10. The Balaban J connectivity index is 1.84. The number of methoxy groups -OCH3 is 1. The minimum absolute atomic E-state index is 0.409. The molecule has 3 rings (SSSR count). The molecule has 2 aromatic carbocycles. The Labute approximate surface area is 152 Å². The van der Waals surface area contributed by atoms with E-state index in [1.807, 2.05) is 54.6 Å². The van der Waals surface area contributed by atoms with E-state index in [0.717, 1.165) is 29.0 Å². The number of ether oxygens (including phenoxy) is 2. The summed E-state index contributed by atoms with van der Waals surface area (Å²) in [6.07, 6.45) is 0.797. The third kappa shape index (κ3) is 4.48. The Kier molecular flexibility index (Phi) is 5.51. The third-order valence-electron chi connectivity index (χ3n) is 3.72. The van der Waals surface area contributed by atoms with Crippen LogP contribution in [0.2, 0.25) is 5.02 Å². The minimum Gasteiger partial charge on any atom is -0.497 e. The quantitative estimate of drug-likeness (QED) is 0.628. The van der Waals surface area contributed by atoms with Gasteiger partial charge in [0.25, 0.3) is 0 Å². The number of nitrogens with zero attached hydrogens (tertiary/aromatic N) is 2. The molecule has 0 atom stereocenters. The Morgan fingerprint density at radius 3 is 2.60 bits per heavy atom. The van der Waals surface area contributed by atoms with Gasteiger partial charge in [0.05, 0.1) is 7.11 Å². The van der Waals surface area contributed by atoms with Gasteiger partial charge in [0.15, 0.2) is 5.82 Å². The zero-order chi connectivity index (χ0) is 17.6. The molecule has 1 aromatic heterocycles. The van der Waals surface area contributed by atoms with Gasteiger partial charge in [0, 0.05) is 22.3 Å². The van der Waals surface area contributed by atoms with Crippen LogP contribution in [0.15, 0.2) is 54.6 Å². The van der Waals surface area contributed by atoms with Crippen LogP contribution in [0.5, 0.6) is 11.6 Å². The van der Waals surface area contributed by atoms with Crippen molar-refractivity contribution in [3.8, 4) is 23.0 Å². The average Bonchev–Trinajstić information content (AvgIpc) is 2.66. The first-order valence-electron chi connectivity index (χ1n) is 8.07. The second-order valence-electron chi connectivity index (χ2n) is 5.53. The van der Waals surface area contributed by atoms with Gasteiger partial charge in [-0.3, -0.25) is 0 Å². The van der Waals surface area contributed by atoms with Crippen LogP contribution in [0, 0.1) is 0 Å². The first-order chi connectivity index (χ1) is 12.2. The normalized spacial score (nSPS) is 10.5. The van der Waals surface area contributed by atoms with E-state index in [1.165, 1.54) is 0 Å². The van der Waals surface area contributed by atoms with Crippen molar-refractivity contribution in [1.82, 2.24) is 9.97 Å². The van der Waals surface area contributed by atoms with Gasteiger partial charge in [-0.15, -0.1) is 0 Å². The van der Waals surface area contributed by atoms with Gasteiger partial charge < -0.3 is 9.47 Å². The van der Waals surface area contributed by atoms with E-state index < -0.39 is 0 Å². The van der Waals surface area contributed by atoms with E-state index in [2.05, 4.69) is 16.9 Å². The molecule has 0 aliphatic carbocycles. The zero-order valence-corrected chi connectivity index (χ0v) is 15.0. The Hall–Kier alpha value is -2.59. The maximum absolute atomic E-state index is 6.08. The second-order valence-corrected chi connectivity index (χ2v) is 5.96. The van der Waals surface area contributed by atoms with E-state index in [1.54, 1.807) is 7.11 Å². The smallest absolute Gasteiger partial charge is 0.217 e. The van der Waals surface area contributed by atoms with Crippen LogP contribution >= 0.6 is 11.6 Å². The molecule has 0 aliphatic rings. The number of halogens is 1. The molecule has 0 saturated carbocycles. The molecule has 0 bridgehead atoms. The zero-order valence-electron chi connectivity index (χ0n) is 14.2. The fraction of sp³-hybridized carbons (Fsp3) is 0.200. The summed E-state index contributed by atoms with van der Waals surface area (Å²) in [7, 11) is 1.65. The van der Waals surface area contributed by atoms with Crippen LogP contribution in [0.25, 0.3) is 11.4 Å². The summed E-state index contributed by atoms with van der Waals surface area (Å²) in [4.78, 5) is 9.10. The molecule has 4 nitrogen and oxygen atoms in total. The SMILES string of the molecule is CCc1cc(OCc2cccc(OC)c2)nc(-c2cccc(Cl)c2)n1. The molecule has 0 saturated heterocycles. The minimum atomic E-state index is 0.409. The molecule has 0 radical (unpaired) electrons.